The Hall–Kier alpha value is -1.02. The van der Waals surface area contributed by atoms with Crippen molar-refractivity contribution in [3.8, 4) is 5.75 Å². The first-order valence-corrected chi connectivity index (χ1v) is 6.40. The Labute approximate surface area is 104 Å². The number of nitrogens with two attached hydrogens (primary N) is 1. The van der Waals surface area contributed by atoms with E-state index in [1.165, 1.54) is 11.1 Å². The molecule has 2 atom stereocenters. The third kappa shape index (κ3) is 2.47. The Kier molecular flexibility index (Phi) is 3.17. The number of ether oxygens (including phenoxy) is 1. The molecule has 0 heterocycles. The zero-order valence-corrected chi connectivity index (χ0v) is 11.3. The van der Waals surface area contributed by atoms with Crippen LogP contribution in [-0.4, -0.2) is 12.1 Å². The molecule has 1 aromatic carbocycles. The van der Waals surface area contributed by atoms with Gasteiger partial charge >= 0.3 is 0 Å². The molecule has 1 fully saturated rings. The van der Waals surface area contributed by atoms with E-state index >= 15 is 0 Å². The molecule has 0 radical (unpaired) electrons. The number of rotatable bonds is 2. The lowest BCUT2D eigenvalue weighted by atomic mass is 9.88. The normalized spacial score (nSPS) is 27.1. The van der Waals surface area contributed by atoms with Gasteiger partial charge in [-0.05, 0) is 55.4 Å². The largest absolute Gasteiger partial charge is 0.489 e. The maximum Gasteiger partial charge on any atom is 0.120 e. The van der Waals surface area contributed by atoms with Crippen molar-refractivity contribution in [2.45, 2.75) is 52.7 Å². The van der Waals surface area contributed by atoms with Crippen molar-refractivity contribution in [1.29, 1.82) is 0 Å². The van der Waals surface area contributed by atoms with E-state index in [0.29, 0.717) is 0 Å². The van der Waals surface area contributed by atoms with Crippen LogP contribution in [0.2, 0.25) is 0 Å². The molecule has 2 N–H and O–H groups in total. The third-order valence-corrected chi connectivity index (χ3v) is 4.14. The van der Waals surface area contributed by atoms with Crippen LogP contribution in [0, 0.1) is 19.3 Å². The molecule has 2 heteroatoms. The van der Waals surface area contributed by atoms with Gasteiger partial charge in [0.2, 0.25) is 0 Å². The molecule has 1 aliphatic rings. The van der Waals surface area contributed by atoms with E-state index in [2.05, 4.69) is 39.8 Å². The minimum atomic E-state index is 0.129. The maximum atomic E-state index is 6.25. The summed E-state index contributed by atoms with van der Waals surface area (Å²) in [5, 5.41) is 0. The van der Waals surface area contributed by atoms with E-state index in [1.54, 1.807) is 0 Å². The van der Waals surface area contributed by atoms with Gasteiger partial charge in [0.05, 0.1) is 0 Å². The third-order valence-electron chi connectivity index (χ3n) is 4.14. The minimum absolute atomic E-state index is 0.129. The van der Waals surface area contributed by atoms with E-state index in [1.807, 2.05) is 6.07 Å². The van der Waals surface area contributed by atoms with E-state index in [4.69, 9.17) is 10.5 Å². The highest BCUT2D eigenvalue weighted by Gasteiger charge is 2.40. The Bertz CT molecular complexity index is 411. The highest BCUT2D eigenvalue weighted by molar-refractivity contribution is 5.34. The van der Waals surface area contributed by atoms with Crippen LogP contribution in [-0.2, 0) is 0 Å². The summed E-state index contributed by atoms with van der Waals surface area (Å²) in [6.07, 6.45) is 2.36. The average molecular weight is 233 g/mol. The first-order chi connectivity index (χ1) is 7.90. The summed E-state index contributed by atoms with van der Waals surface area (Å²) in [5.41, 5.74) is 9.02. The van der Waals surface area contributed by atoms with Gasteiger partial charge < -0.3 is 10.5 Å². The molecule has 1 aromatic rings. The fourth-order valence-corrected chi connectivity index (χ4v) is 2.46. The van der Waals surface area contributed by atoms with Gasteiger partial charge in [-0.3, -0.25) is 0 Å². The van der Waals surface area contributed by atoms with Gasteiger partial charge in [0.15, 0.2) is 0 Å². The summed E-state index contributed by atoms with van der Waals surface area (Å²) in [5.74, 6) is 0.950. The second-order valence-electron chi connectivity index (χ2n) is 5.96. The molecule has 1 saturated carbocycles. The molecule has 0 amide bonds. The second kappa shape index (κ2) is 4.34. The summed E-state index contributed by atoms with van der Waals surface area (Å²) in [6, 6.07) is 6.38. The number of hydrogen-bond donors (Lipinski definition) is 1. The predicted octanol–water partition coefficient (Wildman–Crippen LogP) is 3.20. The molecule has 94 valence electrons. The van der Waals surface area contributed by atoms with Gasteiger partial charge in [0, 0.05) is 6.04 Å². The van der Waals surface area contributed by atoms with Crippen molar-refractivity contribution in [3.63, 3.8) is 0 Å². The van der Waals surface area contributed by atoms with Gasteiger partial charge in [-0.15, -0.1) is 0 Å². The Balaban J connectivity index is 2.09. The van der Waals surface area contributed by atoms with Crippen LogP contribution in [0.3, 0.4) is 0 Å². The summed E-state index contributed by atoms with van der Waals surface area (Å²) in [7, 11) is 0. The predicted molar refractivity (Wildman–Crippen MR) is 71.3 cm³/mol. The molecule has 0 bridgehead atoms. The zero-order chi connectivity index (χ0) is 12.6. The molecule has 2 nitrogen and oxygen atoms in total. The SMILES string of the molecule is Cc1ccc(OC2CCC(C)(C)C2N)cc1C. The lowest BCUT2D eigenvalue weighted by molar-refractivity contribution is 0.165. The van der Waals surface area contributed by atoms with Gasteiger partial charge in [-0.2, -0.15) is 0 Å². The van der Waals surface area contributed by atoms with Crippen molar-refractivity contribution in [2.24, 2.45) is 11.1 Å². The van der Waals surface area contributed by atoms with Crippen LogP contribution in [0.1, 0.15) is 37.8 Å². The van der Waals surface area contributed by atoms with E-state index < -0.39 is 0 Å². The zero-order valence-electron chi connectivity index (χ0n) is 11.3. The number of hydrogen-bond acceptors (Lipinski definition) is 2. The summed E-state index contributed by atoms with van der Waals surface area (Å²) < 4.78 is 6.03. The van der Waals surface area contributed by atoms with Crippen LogP contribution < -0.4 is 10.5 Å². The number of benzene rings is 1. The van der Waals surface area contributed by atoms with E-state index in [9.17, 15) is 0 Å². The van der Waals surface area contributed by atoms with Crippen molar-refractivity contribution in [1.82, 2.24) is 0 Å². The highest BCUT2D eigenvalue weighted by Crippen LogP contribution is 2.38. The Morgan fingerprint density at radius 1 is 1.24 bits per heavy atom. The van der Waals surface area contributed by atoms with Gasteiger partial charge in [-0.1, -0.05) is 19.9 Å². The molecule has 0 aromatic heterocycles. The molecule has 2 unspecified atom stereocenters. The monoisotopic (exact) mass is 233 g/mol. The molecule has 2 rings (SSSR count). The Morgan fingerprint density at radius 3 is 2.47 bits per heavy atom. The molecule has 0 saturated heterocycles. The quantitative estimate of drug-likeness (QED) is 0.851. The number of aryl methyl sites for hydroxylation is 2. The first-order valence-electron chi connectivity index (χ1n) is 6.40. The van der Waals surface area contributed by atoms with Crippen molar-refractivity contribution in [2.75, 3.05) is 0 Å². The summed E-state index contributed by atoms with van der Waals surface area (Å²) >= 11 is 0. The topological polar surface area (TPSA) is 35.2 Å². The Morgan fingerprint density at radius 2 is 1.94 bits per heavy atom. The summed E-state index contributed by atoms with van der Waals surface area (Å²) in [4.78, 5) is 0. The molecule has 17 heavy (non-hydrogen) atoms. The van der Waals surface area contributed by atoms with Crippen molar-refractivity contribution < 1.29 is 4.74 Å². The van der Waals surface area contributed by atoms with Gasteiger partial charge in [-0.25, -0.2) is 0 Å². The average Bonchev–Trinajstić information content (AvgIpc) is 2.51. The first kappa shape index (κ1) is 12.4. The van der Waals surface area contributed by atoms with Crippen molar-refractivity contribution in [3.05, 3.63) is 29.3 Å². The van der Waals surface area contributed by atoms with E-state index in [0.717, 1.165) is 18.6 Å². The molecular formula is C15H23NO. The standard InChI is InChI=1S/C15H23NO/c1-10-5-6-12(9-11(10)2)17-13-7-8-15(3,4)14(13)16/h5-6,9,13-14H,7-8,16H2,1-4H3. The molecular weight excluding hydrogens is 210 g/mol. The van der Waals surface area contributed by atoms with Crippen LogP contribution in [0.15, 0.2) is 18.2 Å². The second-order valence-corrected chi connectivity index (χ2v) is 5.96. The smallest absolute Gasteiger partial charge is 0.120 e. The van der Waals surface area contributed by atoms with Crippen molar-refractivity contribution >= 4 is 0 Å². The highest BCUT2D eigenvalue weighted by atomic mass is 16.5. The minimum Gasteiger partial charge on any atom is -0.489 e. The fourth-order valence-electron chi connectivity index (χ4n) is 2.46. The molecule has 0 spiro atoms. The fraction of sp³-hybridized carbons (Fsp3) is 0.600. The van der Waals surface area contributed by atoms with Crippen LogP contribution in [0.4, 0.5) is 0 Å². The van der Waals surface area contributed by atoms with Crippen LogP contribution in [0.25, 0.3) is 0 Å². The van der Waals surface area contributed by atoms with Gasteiger partial charge in [0.25, 0.3) is 0 Å². The lowest BCUT2D eigenvalue weighted by Gasteiger charge is -2.27. The maximum absolute atomic E-state index is 6.25. The van der Waals surface area contributed by atoms with E-state index in [-0.39, 0.29) is 17.6 Å². The molecule has 0 aliphatic heterocycles. The lowest BCUT2D eigenvalue weighted by Crippen LogP contribution is -2.42. The molecule has 1 aliphatic carbocycles. The van der Waals surface area contributed by atoms with Crippen LogP contribution >= 0.6 is 0 Å². The van der Waals surface area contributed by atoms with Crippen LogP contribution in [0.5, 0.6) is 5.75 Å². The van der Waals surface area contributed by atoms with Gasteiger partial charge in [0.1, 0.15) is 11.9 Å². The summed E-state index contributed by atoms with van der Waals surface area (Å²) in [6.45, 7) is 8.67.